The summed E-state index contributed by atoms with van der Waals surface area (Å²) in [5.74, 6) is 0.969. The van der Waals surface area contributed by atoms with E-state index in [1.54, 1.807) is 0 Å². The molecule has 0 radical (unpaired) electrons. The number of ether oxygens (including phenoxy) is 1. The second-order valence-electron chi connectivity index (χ2n) is 10.1. The smallest absolute Gasteiger partial charge is 0.465 e. The molecule has 3 N–H and O–H groups in total. The fraction of sp³-hybridized carbons (Fsp3) is 0.900. The summed E-state index contributed by atoms with van der Waals surface area (Å²) in [5, 5.41) is 14.2. The summed E-state index contributed by atoms with van der Waals surface area (Å²) < 4.78 is 17.9. The van der Waals surface area contributed by atoms with Crippen molar-refractivity contribution in [2.75, 3.05) is 13.7 Å². The zero-order chi connectivity index (χ0) is 21.0. The van der Waals surface area contributed by atoms with Gasteiger partial charge in [-0.15, -0.1) is 0 Å². The Kier molecular flexibility index (Phi) is 5.36. The van der Waals surface area contributed by atoms with E-state index in [1.807, 2.05) is 0 Å². The topological polar surface area (TPSA) is 106 Å². The van der Waals surface area contributed by atoms with Gasteiger partial charge in [-0.3, -0.25) is 4.79 Å². The molecular weight excluding hydrogens is 375 g/mol. The Hall–Kier alpha value is -1.32. The van der Waals surface area contributed by atoms with Crippen LogP contribution < -0.4 is 10.6 Å². The summed E-state index contributed by atoms with van der Waals surface area (Å²) in [7, 11) is 0.936. The van der Waals surface area contributed by atoms with Crippen molar-refractivity contribution >= 4 is 19.1 Å². The maximum Gasteiger partial charge on any atom is 0.481 e. The second-order valence-corrected chi connectivity index (χ2v) is 10.1. The Bertz CT molecular complexity index is 671. The third-order valence-electron chi connectivity index (χ3n) is 7.86. The van der Waals surface area contributed by atoms with Gasteiger partial charge in [0, 0.05) is 7.11 Å². The molecule has 0 aromatic rings. The van der Waals surface area contributed by atoms with Crippen molar-refractivity contribution in [3.8, 4) is 0 Å². The summed E-state index contributed by atoms with van der Waals surface area (Å²) in [6, 6.07) is -0.967. The summed E-state index contributed by atoms with van der Waals surface area (Å²) in [4.78, 5) is 23.8. The van der Waals surface area contributed by atoms with E-state index in [9.17, 15) is 9.59 Å². The quantitative estimate of drug-likeness (QED) is 0.529. The molecule has 162 valence electrons. The molecule has 9 heteroatoms. The number of hydrogen-bond acceptors (Lipinski definition) is 5. The van der Waals surface area contributed by atoms with Crippen LogP contribution in [0.15, 0.2) is 0 Å². The molecule has 1 aliphatic heterocycles. The van der Waals surface area contributed by atoms with Crippen LogP contribution in [0, 0.1) is 23.2 Å². The van der Waals surface area contributed by atoms with Gasteiger partial charge in [0.05, 0.1) is 24.3 Å². The summed E-state index contributed by atoms with van der Waals surface area (Å²) in [5.41, 5.74) is -0.0750. The lowest BCUT2D eigenvalue weighted by Crippen LogP contribution is -2.65. The van der Waals surface area contributed by atoms with Crippen molar-refractivity contribution in [1.82, 2.24) is 10.6 Å². The van der Waals surface area contributed by atoms with Crippen molar-refractivity contribution in [3.63, 3.8) is 0 Å². The molecule has 4 saturated carbocycles. The molecule has 0 spiro atoms. The molecule has 29 heavy (non-hydrogen) atoms. The largest absolute Gasteiger partial charge is 0.481 e. The van der Waals surface area contributed by atoms with Gasteiger partial charge in [0.2, 0.25) is 5.91 Å². The number of carboxylic acid groups (broad SMARTS) is 1. The van der Waals surface area contributed by atoms with Crippen molar-refractivity contribution < 1.29 is 28.7 Å². The van der Waals surface area contributed by atoms with Gasteiger partial charge in [0.15, 0.2) is 0 Å². The van der Waals surface area contributed by atoms with Crippen LogP contribution in [0.25, 0.3) is 0 Å². The van der Waals surface area contributed by atoms with Crippen molar-refractivity contribution in [1.29, 1.82) is 0 Å². The van der Waals surface area contributed by atoms with E-state index in [4.69, 9.17) is 19.2 Å². The normalized spacial score (nSPS) is 36.6. The molecule has 0 unspecified atom stereocenters. The molecule has 2 amide bonds. The highest BCUT2D eigenvalue weighted by Gasteiger charge is 2.68. The Labute approximate surface area is 172 Å². The maximum absolute atomic E-state index is 12.8. The van der Waals surface area contributed by atoms with E-state index in [2.05, 4.69) is 31.4 Å². The highest BCUT2D eigenvalue weighted by molar-refractivity contribution is 6.48. The predicted octanol–water partition coefficient (Wildman–Crippen LogP) is 1.82. The summed E-state index contributed by atoms with van der Waals surface area (Å²) >= 11 is 0. The van der Waals surface area contributed by atoms with Crippen LogP contribution in [0.1, 0.15) is 52.9 Å². The molecule has 1 saturated heterocycles. The SMILES string of the molecule is COC[C@@H](NC(=O)O)C(=O)N[C@@H](CC1CC1)B1O[C@@H]2C[C@@H]3C[C@@H](C3(C)C)[C@]2(C)O1. The van der Waals surface area contributed by atoms with E-state index >= 15 is 0 Å². The van der Waals surface area contributed by atoms with Crippen LogP contribution in [0.2, 0.25) is 0 Å². The number of nitrogens with one attached hydrogen (secondary N) is 2. The van der Waals surface area contributed by atoms with Gasteiger partial charge in [0.25, 0.3) is 0 Å². The highest BCUT2D eigenvalue weighted by Crippen LogP contribution is 2.65. The monoisotopic (exact) mass is 408 g/mol. The second kappa shape index (κ2) is 7.43. The van der Waals surface area contributed by atoms with E-state index in [0.29, 0.717) is 17.8 Å². The first-order valence-corrected chi connectivity index (χ1v) is 10.8. The third-order valence-corrected chi connectivity index (χ3v) is 7.86. The van der Waals surface area contributed by atoms with Crippen LogP contribution >= 0.6 is 0 Å². The van der Waals surface area contributed by atoms with Crippen molar-refractivity contribution in [2.45, 2.75) is 76.6 Å². The standard InChI is InChI=1S/C20H33BN2O6/c1-19(2)12-8-14(19)20(3)15(9-12)28-21(29-20)16(7-11-5-6-11)23-17(24)13(10-27-4)22-18(25)26/h11-16,22H,5-10H2,1-4H3,(H,23,24)(H,25,26)/t12-,13+,14-,15+,16-,20-/m0/s1. The molecule has 5 fully saturated rings. The number of carbonyl (C=O) groups is 2. The molecule has 5 rings (SSSR count). The minimum Gasteiger partial charge on any atom is -0.465 e. The molecule has 8 nitrogen and oxygen atoms in total. The summed E-state index contributed by atoms with van der Waals surface area (Å²) in [6.07, 6.45) is 4.04. The lowest BCUT2D eigenvalue weighted by molar-refractivity contribution is -0.199. The predicted molar refractivity (Wildman–Crippen MR) is 106 cm³/mol. The Morgan fingerprint density at radius 1 is 1.24 bits per heavy atom. The van der Waals surface area contributed by atoms with Gasteiger partial charge in [-0.1, -0.05) is 26.7 Å². The van der Waals surface area contributed by atoms with Crippen LogP contribution in [-0.2, 0) is 18.8 Å². The number of methoxy groups -OCH3 is 1. The van der Waals surface area contributed by atoms with Crippen molar-refractivity contribution in [2.24, 2.45) is 23.2 Å². The molecule has 0 aromatic heterocycles. The minimum absolute atomic E-state index is 0.0288. The Balaban J connectivity index is 1.46. The van der Waals surface area contributed by atoms with E-state index in [0.717, 1.165) is 25.7 Å². The van der Waals surface area contributed by atoms with E-state index in [1.165, 1.54) is 13.5 Å². The zero-order valence-corrected chi connectivity index (χ0v) is 17.8. The third kappa shape index (κ3) is 3.77. The first-order chi connectivity index (χ1) is 13.6. The van der Waals surface area contributed by atoms with Crippen LogP contribution in [-0.4, -0.2) is 61.6 Å². The number of hydrogen-bond donors (Lipinski definition) is 3. The molecule has 1 heterocycles. The van der Waals surface area contributed by atoms with Gasteiger partial charge >= 0.3 is 13.2 Å². The van der Waals surface area contributed by atoms with Crippen LogP contribution in [0.5, 0.6) is 0 Å². The molecule has 2 bridgehead atoms. The van der Waals surface area contributed by atoms with Crippen LogP contribution in [0.3, 0.4) is 0 Å². The average Bonchev–Trinajstić information content (AvgIpc) is 3.37. The molecule has 4 aliphatic carbocycles. The maximum atomic E-state index is 12.8. The van der Waals surface area contributed by atoms with E-state index in [-0.39, 0.29) is 29.7 Å². The molecule has 0 aromatic carbocycles. The zero-order valence-electron chi connectivity index (χ0n) is 17.8. The van der Waals surface area contributed by atoms with E-state index < -0.39 is 25.2 Å². The molecular formula is C20H33BN2O6. The van der Waals surface area contributed by atoms with Gasteiger partial charge in [-0.25, -0.2) is 4.79 Å². The lowest BCUT2D eigenvalue weighted by atomic mass is 9.43. The van der Waals surface area contributed by atoms with Gasteiger partial charge in [-0.05, 0) is 49.4 Å². The fourth-order valence-electron chi connectivity index (χ4n) is 5.80. The lowest BCUT2D eigenvalue weighted by Gasteiger charge is -2.64. The van der Waals surface area contributed by atoms with Crippen molar-refractivity contribution in [3.05, 3.63) is 0 Å². The Morgan fingerprint density at radius 3 is 2.55 bits per heavy atom. The average molecular weight is 408 g/mol. The molecule has 6 atom stereocenters. The first kappa shape index (κ1) is 20.9. The summed E-state index contributed by atoms with van der Waals surface area (Å²) in [6.45, 7) is 6.77. The Morgan fingerprint density at radius 2 is 1.97 bits per heavy atom. The van der Waals surface area contributed by atoms with Gasteiger partial charge in [0.1, 0.15) is 6.04 Å². The number of carbonyl (C=O) groups excluding carboxylic acids is 1. The highest BCUT2D eigenvalue weighted by atomic mass is 16.7. The van der Waals surface area contributed by atoms with Crippen LogP contribution in [0.4, 0.5) is 4.79 Å². The van der Waals surface area contributed by atoms with Gasteiger partial charge in [-0.2, -0.15) is 0 Å². The number of rotatable bonds is 8. The fourth-order valence-corrected chi connectivity index (χ4v) is 5.80. The first-order valence-electron chi connectivity index (χ1n) is 10.8. The minimum atomic E-state index is -1.25. The number of amides is 2. The van der Waals surface area contributed by atoms with Gasteiger partial charge < -0.3 is 29.8 Å². The molecule has 5 aliphatic rings.